The molecule has 0 aliphatic carbocycles. The predicted octanol–water partition coefficient (Wildman–Crippen LogP) is 3.47. The molecule has 0 aliphatic heterocycles. The number of carbonyl (C=O) groups is 1. The number of carboxylic acid groups (broad SMARTS) is 1. The molecule has 0 spiro atoms. The second-order valence-electron chi connectivity index (χ2n) is 4.12. The van der Waals surface area contributed by atoms with E-state index >= 15 is 0 Å². The van der Waals surface area contributed by atoms with Gasteiger partial charge in [-0.3, -0.25) is 4.98 Å². The summed E-state index contributed by atoms with van der Waals surface area (Å²) in [5, 5.41) is 9.07. The Balaban J connectivity index is 2.64. The van der Waals surface area contributed by atoms with Crippen LogP contribution < -0.4 is 4.74 Å². The number of methoxy groups -OCH3 is 1. The van der Waals surface area contributed by atoms with Crippen LogP contribution in [0.15, 0.2) is 36.5 Å². The highest BCUT2D eigenvalue weighted by Gasteiger charge is 2.34. The maximum Gasteiger partial charge on any atom is 0.419 e. The summed E-state index contributed by atoms with van der Waals surface area (Å²) in [6.07, 6.45) is -3.29. The summed E-state index contributed by atoms with van der Waals surface area (Å²) in [4.78, 5) is 15.0. The molecule has 1 N–H and O–H groups in total. The van der Waals surface area contributed by atoms with Crippen LogP contribution in [0, 0.1) is 0 Å². The van der Waals surface area contributed by atoms with Gasteiger partial charge >= 0.3 is 12.1 Å². The van der Waals surface area contributed by atoms with E-state index in [2.05, 4.69) is 9.72 Å². The Kier molecular flexibility index (Phi) is 3.84. The molecule has 0 atom stereocenters. The summed E-state index contributed by atoms with van der Waals surface area (Å²) in [6, 6.07) is 5.98. The summed E-state index contributed by atoms with van der Waals surface area (Å²) in [6.45, 7) is 0. The van der Waals surface area contributed by atoms with Gasteiger partial charge in [-0.15, -0.1) is 0 Å². The summed E-state index contributed by atoms with van der Waals surface area (Å²) >= 11 is 0. The van der Waals surface area contributed by atoms with Crippen LogP contribution >= 0.6 is 0 Å². The van der Waals surface area contributed by atoms with Gasteiger partial charge in [-0.05, 0) is 30.3 Å². The van der Waals surface area contributed by atoms with E-state index in [9.17, 15) is 18.0 Å². The molecule has 0 saturated heterocycles. The summed E-state index contributed by atoms with van der Waals surface area (Å²) < 4.78 is 43.6. The molecule has 7 heteroatoms. The fraction of sp³-hybridized carbons (Fsp3) is 0.143. The van der Waals surface area contributed by atoms with Gasteiger partial charge in [-0.1, -0.05) is 0 Å². The Morgan fingerprint density at radius 1 is 1.29 bits per heavy atom. The number of hydrogen-bond acceptors (Lipinski definition) is 3. The number of aromatic carboxylic acids is 1. The van der Waals surface area contributed by atoms with Gasteiger partial charge in [0.15, 0.2) is 0 Å². The lowest BCUT2D eigenvalue weighted by Crippen LogP contribution is -2.08. The molecule has 0 fully saturated rings. The Hall–Kier alpha value is -2.57. The van der Waals surface area contributed by atoms with Crippen LogP contribution in [0.2, 0.25) is 0 Å². The number of aromatic nitrogens is 1. The van der Waals surface area contributed by atoms with Gasteiger partial charge in [0.2, 0.25) is 0 Å². The predicted molar refractivity (Wildman–Crippen MR) is 68.2 cm³/mol. The zero-order chi connectivity index (χ0) is 15.6. The zero-order valence-corrected chi connectivity index (χ0v) is 10.8. The average molecular weight is 297 g/mol. The van der Waals surface area contributed by atoms with Crippen molar-refractivity contribution >= 4 is 5.97 Å². The van der Waals surface area contributed by atoms with E-state index in [0.29, 0.717) is 0 Å². The van der Waals surface area contributed by atoms with Gasteiger partial charge in [-0.2, -0.15) is 13.2 Å². The normalized spacial score (nSPS) is 11.2. The first-order chi connectivity index (χ1) is 9.84. The van der Waals surface area contributed by atoms with E-state index in [1.807, 2.05) is 0 Å². The monoisotopic (exact) mass is 297 g/mol. The number of hydrogen-bond donors (Lipinski definition) is 1. The van der Waals surface area contributed by atoms with Crippen molar-refractivity contribution in [3.63, 3.8) is 0 Å². The third kappa shape index (κ3) is 2.96. The minimum atomic E-state index is -4.61. The number of ether oxygens (including phenoxy) is 1. The first-order valence-electron chi connectivity index (χ1n) is 5.78. The number of rotatable bonds is 3. The van der Waals surface area contributed by atoms with Crippen molar-refractivity contribution in [1.82, 2.24) is 4.98 Å². The highest BCUT2D eigenvalue weighted by molar-refractivity contribution is 5.94. The molecule has 4 nitrogen and oxygen atoms in total. The highest BCUT2D eigenvalue weighted by Crippen LogP contribution is 2.38. The van der Waals surface area contributed by atoms with Gasteiger partial charge in [-0.25, -0.2) is 4.79 Å². The Bertz CT molecular complexity index is 683. The lowest BCUT2D eigenvalue weighted by molar-refractivity contribution is -0.138. The standard InChI is InChI=1S/C14H10F3NO3/c1-21-11-5-4-8(7-10(11)14(15,16)17)12-9(13(19)20)3-2-6-18-12/h2-7H,1H3,(H,19,20). The second kappa shape index (κ2) is 5.43. The molecule has 0 bridgehead atoms. The van der Waals surface area contributed by atoms with E-state index < -0.39 is 17.7 Å². The first kappa shape index (κ1) is 14.8. The molecule has 2 aromatic rings. The van der Waals surface area contributed by atoms with Crippen molar-refractivity contribution in [2.45, 2.75) is 6.18 Å². The lowest BCUT2D eigenvalue weighted by atomic mass is 10.0. The molecule has 0 radical (unpaired) electrons. The number of carboxylic acids is 1. The molecule has 1 heterocycles. The summed E-state index contributed by atoms with van der Waals surface area (Å²) in [5.74, 6) is -1.60. The maximum absolute atomic E-state index is 13.0. The number of benzene rings is 1. The second-order valence-corrected chi connectivity index (χ2v) is 4.12. The largest absolute Gasteiger partial charge is 0.496 e. The molecule has 0 saturated carbocycles. The van der Waals surface area contributed by atoms with Crippen LogP contribution in [0.25, 0.3) is 11.3 Å². The Labute approximate surface area is 117 Å². The Morgan fingerprint density at radius 3 is 2.57 bits per heavy atom. The van der Waals surface area contributed by atoms with Gasteiger partial charge in [0.25, 0.3) is 0 Å². The smallest absolute Gasteiger partial charge is 0.419 e. The molecule has 1 aromatic carbocycles. The van der Waals surface area contributed by atoms with Crippen LogP contribution in [0.1, 0.15) is 15.9 Å². The topological polar surface area (TPSA) is 59.4 Å². The fourth-order valence-electron chi connectivity index (χ4n) is 1.88. The SMILES string of the molecule is COc1ccc(-c2ncccc2C(=O)O)cc1C(F)(F)F. The molecular weight excluding hydrogens is 287 g/mol. The van der Waals surface area contributed by atoms with Gasteiger partial charge in [0, 0.05) is 11.8 Å². The molecular formula is C14H10F3NO3. The molecule has 0 aliphatic rings. The first-order valence-corrected chi connectivity index (χ1v) is 5.78. The van der Waals surface area contributed by atoms with Crippen LogP contribution in [0.4, 0.5) is 13.2 Å². The molecule has 1 aromatic heterocycles. The molecule has 21 heavy (non-hydrogen) atoms. The minimum absolute atomic E-state index is 0.0295. The quantitative estimate of drug-likeness (QED) is 0.942. The molecule has 2 rings (SSSR count). The van der Waals surface area contributed by atoms with Gasteiger partial charge in [0.1, 0.15) is 5.75 Å². The molecule has 110 valence electrons. The van der Waals surface area contributed by atoms with E-state index in [1.165, 1.54) is 24.4 Å². The van der Waals surface area contributed by atoms with Crippen LogP contribution in [-0.4, -0.2) is 23.2 Å². The minimum Gasteiger partial charge on any atom is -0.496 e. The Morgan fingerprint density at radius 2 is 2.00 bits per heavy atom. The van der Waals surface area contributed by atoms with Crippen molar-refractivity contribution in [3.05, 3.63) is 47.7 Å². The third-order valence-electron chi connectivity index (χ3n) is 2.82. The van der Waals surface area contributed by atoms with E-state index in [4.69, 9.17) is 5.11 Å². The molecule has 0 amide bonds. The summed E-state index contributed by atoms with van der Waals surface area (Å²) in [7, 11) is 1.13. The third-order valence-corrected chi connectivity index (χ3v) is 2.82. The zero-order valence-electron chi connectivity index (χ0n) is 10.8. The van der Waals surface area contributed by atoms with Crippen molar-refractivity contribution in [3.8, 4) is 17.0 Å². The van der Waals surface area contributed by atoms with Crippen LogP contribution in [-0.2, 0) is 6.18 Å². The van der Waals surface area contributed by atoms with Gasteiger partial charge in [0.05, 0.1) is 23.9 Å². The van der Waals surface area contributed by atoms with Crippen LogP contribution in [0.5, 0.6) is 5.75 Å². The summed E-state index contributed by atoms with van der Waals surface area (Å²) in [5.41, 5.74) is -1.13. The fourth-order valence-corrected chi connectivity index (χ4v) is 1.88. The van der Waals surface area contributed by atoms with Crippen molar-refractivity contribution < 1.29 is 27.8 Å². The molecule has 0 unspecified atom stereocenters. The van der Waals surface area contributed by atoms with E-state index in [1.54, 1.807) is 0 Å². The average Bonchev–Trinajstić information content (AvgIpc) is 2.45. The van der Waals surface area contributed by atoms with Crippen molar-refractivity contribution in [2.75, 3.05) is 7.11 Å². The number of halogens is 3. The number of alkyl halides is 3. The number of pyridine rings is 1. The van der Waals surface area contributed by atoms with E-state index in [-0.39, 0.29) is 22.6 Å². The number of nitrogens with zero attached hydrogens (tertiary/aromatic N) is 1. The highest BCUT2D eigenvalue weighted by atomic mass is 19.4. The van der Waals surface area contributed by atoms with Crippen molar-refractivity contribution in [1.29, 1.82) is 0 Å². The van der Waals surface area contributed by atoms with E-state index in [0.717, 1.165) is 19.2 Å². The lowest BCUT2D eigenvalue weighted by Gasteiger charge is -2.14. The van der Waals surface area contributed by atoms with Crippen molar-refractivity contribution in [2.24, 2.45) is 0 Å². The van der Waals surface area contributed by atoms with Gasteiger partial charge < -0.3 is 9.84 Å². The maximum atomic E-state index is 13.0. The van der Waals surface area contributed by atoms with Crippen LogP contribution in [0.3, 0.4) is 0 Å².